The summed E-state index contributed by atoms with van der Waals surface area (Å²) >= 11 is 0. The summed E-state index contributed by atoms with van der Waals surface area (Å²) in [6, 6.07) is 3.64. The molecule has 1 aliphatic carbocycles. The van der Waals surface area contributed by atoms with Crippen molar-refractivity contribution in [1.29, 1.82) is 0 Å². The van der Waals surface area contributed by atoms with Gasteiger partial charge in [-0.05, 0) is 50.8 Å². The number of piperazine rings is 1. The molecule has 0 aromatic carbocycles. The van der Waals surface area contributed by atoms with Gasteiger partial charge in [0.1, 0.15) is 5.82 Å². The average molecular weight is 343 g/mol. The van der Waals surface area contributed by atoms with E-state index in [4.69, 9.17) is 0 Å². The summed E-state index contributed by atoms with van der Waals surface area (Å²) in [5, 5.41) is 11.6. The average Bonchev–Trinajstić information content (AvgIpc) is 2.69. The van der Waals surface area contributed by atoms with Crippen LogP contribution < -0.4 is 5.32 Å². The quantitative estimate of drug-likeness (QED) is 0.805. The van der Waals surface area contributed by atoms with E-state index in [-0.39, 0.29) is 5.91 Å². The Balaban J connectivity index is 1.46. The summed E-state index contributed by atoms with van der Waals surface area (Å²) in [4.78, 5) is 16.7. The molecule has 1 N–H and O–H groups in total. The van der Waals surface area contributed by atoms with Crippen LogP contribution in [-0.2, 0) is 0 Å². The van der Waals surface area contributed by atoms with Crippen molar-refractivity contribution in [3.63, 3.8) is 0 Å². The number of carbonyl (C=O) groups excluding carboxylic acids is 1. The van der Waals surface area contributed by atoms with Crippen LogP contribution in [0.3, 0.4) is 0 Å². The topological polar surface area (TPSA) is 61.4 Å². The van der Waals surface area contributed by atoms with E-state index in [1.807, 2.05) is 11.0 Å². The maximum absolute atomic E-state index is 12.5. The molecule has 136 valence electrons. The van der Waals surface area contributed by atoms with Gasteiger partial charge in [0.2, 0.25) is 0 Å². The Morgan fingerprint density at radius 1 is 1.16 bits per heavy atom. The molecule has 1 aromatic heterocycles. The first-order valence-electron chi connectivity index (χ1n) is 9.53. The van der Waals surface area contributed by atoms with E-state index in [0.29, 0.717) is 5.69 Å². The van der Waals surface area contributed by atoms with Crippen LogP contribution in [0.15, 0.2) is 23.8 Å². The lowest BCUT2D eigenvalue weighted by Gasteiger charge is -2.33. The summed E-state index contributed by atoms with van der Waals surface area (Å²) in [5.74, 6) is 0.728. The van der Waals surface area contributed by atoms with Crippen LogP contribution in [-0.4, -0.2) is 65.2 Å². The highest BCUT2D eigenvalue weighted by Crippen LogP contribution is 2.19. The molecule has 1 aliphatic heterocycles. The second-order valence-corrected chi connectivity index (χ2v) is 6.82. The van der Waals surface area contributed by atoms with Gasteiger partial charge in [-0.1, -0.05) is 18.6 Å². The molecule has 1 aromatic rings. The fourth-order valence-corrected chi connectivity index (χ4v) is 3.45. The number of amides is 1. The molecular weight excluding hydrogens is 314 g/mol. The minimum absolute atomic E-state index is 0.0119. The molecule has 25 heavy (non-hydrogen) atoms. The van der Waals surface area contributed by atoms with Crippen molar-refractivity contribution in [3.05, 3.63) is 29.5 Å². The Morgan fingerprint density at radius 3 is 2.64 bits per heavy atom. The van der Waals surface area contributed by atoms with Gasteiger partial charge < -0.3 is 15.1 Å². The van der Waals surface area contributed by atoms with Gasteiger partial charge >= 0.3 is 0 Å². The zero-order chi connectivity index (χ0) is 17.5. The second-order valence-electron chi connectivity index (χ2n) is 6.82. The van der Waals surface area contributed by atoms with Gasteiger partial charge in [-0.3, -0.25) is 4.79 Å². The van der Waals surface area contributed by atoms with E-state index in [0.717, 1.165) is 51.5 Å². The monoisotopic (exact) mass is 343 g/mol. The summed E-state index contributed by atoms with van der Waals surface area (Å²) in [7, 11) is 0. The summed E-state index contributed by atoms with van der Waals surface area (Å²) in [6.07, 6.45) is 8.52. The van der Waals surface area contributed by atoms with Crippen molar-refractivity contribution < 1.29 is 4.79 Å². The van der Waals surface area contributed by atoms with Crippen LogP contribution >= 0.6 is 0 Å². The molecule has 1 fully saturated rings. The van der Waals surface area contributed by atoms with Crippen molar-refractivity contribution in [2.45, 2.75) is 39.0 Å². The molecular formula is C19H29N5O. The van der Waals surface area contributed by atoms with Crippen molar-refractivity contribution >= 4 is 11.7 Å². The highest BCUT2D eigenvalue weighted by Gasteiger charge is 2.22. The number of hydrogen-bond donors (Lipinski definition) is 1. The van der Waals surface area contributed by atoms with Crippen molar-refractivity contribution in [2.24, 2.45) is 0 Å². The highest BCUT2D eigenvalue weighted by molar-refractivity contribution is 5.92. The van der Waals surface area contributed by atoms with Crippen molar-refractivity contribution in [2.75, 3.05) is 44.6 Å². The Hall–Kier alpha value is -1.95. The maximum Gasteiger partial charge on any atom is 0.274 e. The third kappa shape index (κ3) is 5.01. The zero-order valence-electron chi connectivity index (χ0n) is 15.2. The van der Waals surface area contributed by atoms with Gasteiger partial charge in [-0.25, -0.2) is 0 Å². The Morgan fingerprint density at radius 2 is 2.00 bits per heavy atom. The van der Waals surface area contributed by atoms with Crippen LogP contribution in [0.5, 0.6) is 0 Å². The molecule has 2 heterocycles. The van der Waals surface area contributed by atoms with Crippen LogP contribution in [0.4, 0.5) is 5.82 Å². The number of nitrogens with one attached hydrogen (secondary N) is 1. The number of allylic oxidation sites excluding steroid dienone is 1. The number of hydrogen-bond acceptors (Lipinski definition) is 5. The van der Waals surface area contributed by atoms with Gasteiger partial charge in [0.25, 0.3) is 5.91 Å². The minimum atomic E-state index is -0.0119. The summed E-state index contributed by atoms with van der Waals surface area (Å²) in [5.41, 5.74) is 1.98. The predicted octanol–water partition coefficient (Wildman–Crippen LogP) is 2.56. The Kier molecular flexibility index (Phi) is 6.39. The highest BCUT2D eigenvalue weighted by atomic mass is 16.2. The lowest BCUT2D eigenvalue weighted by Crippen LogP contribution is -2.48. The maximum atomic E-state index is 12.5. The van der Waals surface area contributed by atoms with E-state index in [1.54, 1.807) is 11.6 Å². The first kappa shape index (κ1) is 17.9. The summed E-state index contributed by atoms with van der Waals surface area (Å²) < 4.78 is 0. The molecule has 1 saturated heterocycles. The van der Waals surface area contributed by atoms with Gasteiger partial charge in [0, 0.05) is 32.7 Å². The lowest BCUT2D eigenvalue weighted by molar-refractivity contribution is 0.0636. The Bertz CT molecular complexity index is 590. The van der Waals surface area contributed by atoms with E-state index in [2.05, 4.69) is 33.4 Å². The van der Waals surface area contributed by atoms with Crippen LogP contribution in [0.1, 0.15) is 49.5 Å². The zero-order valence-corrected chi connectivity index (χ0v) is 15.2. The standard InChI is InChI=1S/C19H29N5O/c1-2-23-12-14-24(15-13-23)19(25)17-8-9-18(22-21-17)20-11-10-16-6-4-3-5-7-16/h6,8-9H,2-5,7,10-15H2,1H3,(H,20,22). The van der Waals surface area contributed by atoms with Gasteiger partial charge in [0.05, 0.1) is 0 Å². The Labute approximate surface area is 150 Å². The van der Waals surface area contributed by atoms with E-state index < -0.39 is 0 Å². The van der Waals surface area contributed by atoms with Crippen LogP contribution in [0.2, 0.25) is 0 Å². The molecule has 2 aliphatic rings. The smallest absolute Gasteiger partial charge is 0.274 e. The second kappa shape index (κ2) is 8.94. The fourth-order valence-electron chi connectivity index (χ4n) is 3.45. The number of carbonyl (C=O) groups is 1. The SMILES string of the molecule is CCN1CCN(C(=O)c2ccc(NCCC3=CCCCC3)nn2)CC1. The molecule has 0 saturated carbocycles. The molecule has 0 spiro atoms. The third-order valence-corrected chi connectivity index (χ3v) is 5.13. The normalized spacial score (nSPS) is 18.8. The van der Waals surface area contributed by atoms with Gasteiger partial charge in [0.15, 0.2) is 5.69 Å². The third-order valence-electron chi connectivity index (χ3n) is 5.13. The fraction of sp³-hybridized carbons (Fsp3) is 0.632. The number of nitrogens with zero attached hydrogens (tertiary/aromatic N) is 4. The molecule has 0 unspecified atom stereocenters. The van der Waals surface area contributed by atoms with E-state index in [9.17, 15) is 4.79 Å². The molecule has 6 heteroatoms. The lowest BCUT2D eigenvalue weighted by atomic mass is 9.97. The van der Waals surface area contributed by atoms with E-state index >= 15 is 0 Å². The molecule has 3 rings (SSSR count). The first-order valence-corrected chi connectivity index (χ1v) is 9.53. The van der Waals surface area contributed by atoms with E-state index in [1.165, 1.54) is 25.7 Å². The molecule has 0 bridgehead atoms. The number of aromatic nitrogens is 2. The molecule has 0 radical (unpaired) electrons. The summed E-state index contributed by atoms with van der Waals surface area (Å²) in [6.45, 7) is 7.47. The van der Waals surface area contributed by atoms with Gasteiger partial charge in [-0.15, -0.1) is 10.2 Å². The van der Waals surface area contributed by atoms with Gasteiger partial charge in [-0.2, -0.15) is 0 Å². The van der Waals surface area contributed by atoms with Crippen molar-refractivity contribution in [1.82, 2.24) is 20.0 Å². The molecule has 0 atom stereocenters. The number of likely N-dealkylation sites (N-methyl/N-ethyl adjacent to an activating group) is 1. The first-order chi connectivity index (χ1) is 12.3. The predicted molar refractivity (Wildman–Crippen MR) is 99.7 cm³/mol. The van der Waals surface area contributed by atoms with Crippen LogP contribution in [0.25, 0.3) is 0 Å². The van der Waals surface area contributed by atoms with Crippen molar-refractivity contribution in [3.8, 4) is 0 Å². The molecule has 6 nitrogen and oxygen atoms in total. The largest absolute Gasteiger partial charge is 0.368 e. The molecule has 1 amide bonds. The number of rotatable bonds is 6. The minimum Gasteiger partial charge on any atom is -0.368 e. The van der Waals surface area contributed by atoms with Crippen LogP contribution in [0, 0.1) is 0 Å². The number of anilines is 1.